The number of aromatic nitrogens is 3. The van der Waals surface area contributed by atoms with Crippen LogP contribution in [0.15, 0.2) is 52.7 Å². The molecule has 0 radical (unpaired) electrons. The lowest BCUT2D eigenvalue weighted by Crippen LogP contribution is -2.31. The molecule has 2 heterocycles. The zero-order valence-corrected chi connectivity index (χ0v) is 15.6. The second-order valence-corrected chi connectivity index (χ2v) is 7.26. The van der Waals surface area contributed by atoms with Gasteiger partial charge in [-0.2, -0.15) is 5.10 Å². The molecule has 0 N–H and O–H groups in total. The van der Waals surface area contributed by atoms with Crippen molar-refractivity contribution in [1.82, 2.24) is 19.7 Å². The lowest BCUT2D eigenvalue weighted by atomic mass is 10.1. The van der Waals surface area contributed by atoms with Crippen LogP contribution in [0, 0.1) is 0 Å². The van der Waals surface area contributed by atoms with Crippen LogP contribution in [-0.2, 0) is 17.8 Å². The Hall–Kier alpha value is -1.99. The Kier molecular flexibility index (Phi) is 5.42. The number of amides is 1. The second-order valence-electron chi connectivity index (χ2n) is 5.40. The van der Waals surface area contributed by atoms with E-state index in [0.29, 0.717) is 19.5 Å². The zero-order valence-electron chi connectivity index (χ0n) is 13.2. The molecule has 7 heteroatoms. The molecule has 0 aliphatic rings. The largest absolute Gasteiger partial charge is 0.344 e. The van der Waals surface area contributed by atoms with Crippen LogP contribution in [-0.4, -0.2) is 39.2 Å². The molecule has 1 aromatic carbocycles. The van der Waals surface area contributed by atoms with Gasteiger partial charge in [0.25, 0.3) is 0 Å². The minimum absolute atomic E-state index is 0.0858. The van der Waals surface area contributed by atoms with E-state index in [-0.39, 0.29) is 5.91 Å². The van der Waals surface area contributed by atoms with Gasteiger partial charge in [-0.05, 0) is 15.9 Å². The van der Waals surface area contributed by atoms with E-state index < -0.39 is 0 Å². The number of thiazole rings is 1. The van der Waals surface area contributed by atoms with Crippen LogP contribution in [0.3, 0.4) is 0 Å². The molecule has 0 saturated heterocycles. The number of halogens is 1. The highest BCUT2D eigenvalue weighted by atomic mass is 79.9. The van der Waals surface area contributed by atoms with Gasteiger partial charge in [-0.25, -0.2) is 4.98 Å². The lowest BCUT2D eigenvalue weighted by Gasteiger charge is -2.17. The number of hydrogen-bond acceptors (Lipinski definition) is 4. The molecule has 0 spiro atoms. The standard InChI is InChI=1S/C17H17BrN4OS/c1-21(7-8-22-11-14(18)10-20-22)16(23)9-15-17(19-12-24-15)13-5-3-2-4-6-13/h2-6,10-12H,7-9H2,1H3. The predicted octanol–water partition coefficient (Wildman–Crippen LogP) is 3.47. The van der Waals surface area contributed by atoms with Crippen LogP contribution in [0.25, 0.3) is 11.3 Å². The van der Waals surface area contributed by atoms with Gasteiger partial charge in [0, 0.05) is 30.2 Å². The summed E-state index contributed by atoms with van der Waals surface area (Å²) in [6.45, 7) is 1.29. The van der Waals surface area contributed by atoms with E-state index in [2.05, 4.69) is 26.0 Å². The number of benzene rings is 1. The molecule has 0 fully saturated rings. The van der Waals surface area contributed by atoms with Gasteiger partial charge in [0.2, 0.25) is 5.91 Å². The third-order valence-corrected chi connectivity index (χ3v) is 4.93. The third kappa shape index (κ3) is 4.10. The van der Waals surface area contributed by atoms with E-state index in [0.717, 1.165) is 20.6 Å². The fraction of sp³-hybridized carbons (Fsp3) is 0.235. The third-order valence-electron chi connectivity index (χ3n) is 3.69. The van der Waals surface area contributed by atoms with Crippen LogP contribution < -0.4 is 0 Å². The molecule has 3 rings (SSSR count). The molecule has 124 valence electrons. The topological polar surface area (TPSA) is 51.0 Å². The van der Waals surface area contributed by atoms with Crippen molar-refractivity contribution in [3.8, 4) is 11.3 Å². The number of hydrogen-bond donors (Lipinski definition) is 0. The maximum absolute atomic E-state index is 12.5. The van der Waals surface area contributed by atoms with E-state index in [1.807, 2.05) is 48.3 Å². The highest BCUT2D eigenvalue weighted by Crippen LogP contribution is 2.25. The average Bonchev–Trinajstić information content (AvgIpc) is 3.22. The van der Waals surface area contributed by atoms with Gasteiger partial charge in [0.15, 0.2) is 0 Å². The first-order valence-electron chi connectivity index (χ1n) is 7.53. The molecule has 24 heavy (non-hydrogen) atoms. The Bertz CT molecular complexity index is 815. The molecule has 2 aromatic heterocycles. The zero-order chi connectivity index (χ0) is 16.9. The van der Waals surface area contributed by atoms with Crippen molar-refractivity contribution in [2.24, 2.45) is 0 Å². The number of rotatable bonds is 6. The SMILES string of the molecule is CN(CCn1cc(Br)cn1)C(=O)Cc1scnc1-c1ccccc1. The van der Waals surface area contributed by atoms with E-state index in [9.17, 15) is 4.79 Å². The molecular weight excluding hydrogens is 388 g/mol. The van der Waals surface area contributed by atoms with Crippen molar-refractivity contribution in [2.45, 2.75) is 13.0 Å². The Balaban J connectivity index is 1.61. The van der Waals surface area contributed by atoms with Crippen molar-refractivity contribution in [2.75, 3.05) is 13.6 Å². The first-order valence-corrected chi connectivity index (χ1v) is 9.20. The number of carbonyl (C=O) groups is 1. The van der Waals surface area contributed by atoms with Gasteiger partial charge >= 0.3 is 0 Å². The Morgan fingerprint density at radius 3 is 2.83 bits per heavy atom. The Labute approximate surface area is 153 Å². The minimum Gasteiger partial charge on any atom is -0.344 e. The summed E-state index contributed by atoms with van der Waals surface area (Å²) < 4.78 is 2.75. The normalized spacial score (nSPS) is 10.8. The van der Waals surface area contributed by atoms with Gasteiger partial charge in [-0.1, -0.05) is 30.3 Å². The fourth-order valence-corrected chi connectivity index (χ4v) is 3.44. The molecule has 3 aromatic rings. The summed E-state index contributed by atoms with van der Waals surface area (Å²) in [7, 11) is 1.82. The van der Waals surface area contributed by atoms with Crippen molar-refractivity contribution in [1.29, 1.82) is 0 Å². The minimum atomic E-state index is 0.0858. The maximum Gasteiger partial charge on any atom is 0.227 e. The summed E-state index contributed by atoms with van der Waals surface area (Å²) in [5, 5.41) is 4.20. The van der Waals surface area contributed by atoms with Crippen molar-refractivity contribution < 1.29 is 4.79 Å². The summed E-state index contributed by atoms with van der Waals surface area (Å²) >= 11 is 4.89. The Morgan fingerprint density at radius 1 is 1.33 bits per heavy atom. The van der Waals surface area contributed by atoms with Crippen LogP contribution in [0.4, 0.5) is 0 Å². The molecular formula is C17H17BrN4OS. The van der Waals surface area contributed by atoms with Crippen LogP contribution in [0.1, 0.15) is 4.88 Å². The summed E-state index contributed by atoms with van der Waals surface area (Å²) in [5.41, 5.74) is 3.75. The van der Waals surface area contributed by atoms with E-state index in [1.54, 1.807) is 16.6 Å². The van der Waals surface area contributed by atoms with Crippen molar-refractivity contribution in [3.63, 3.8) is 0 Å². The van der Waals surface area contributed by atoms with Crippen molar-refractivity contribution in [3.05, 3.63) is 57.6 Å². The van der Waals surface area contributed by atoms with Crippen LogP contribution in [0.2, 0.25) is 0 Å². The fourth-order valence-electron chi connectivity index (χ4n) is 2.34. The highest BCUT2D eigenvalue weighted by molar-refractivity contribution is 9.10. The molecule has 0 bridgehead atoms. The summed E-state index contributed by atoms with van der Waals surface area (Å²) in [6, 6.07) is 9.97. The smallest absolute Gasteiger partial charge is 0.227 e. The van der Waals surface area contributed by atoms with Gasteiger partial charge in [-0.15, -0.1) is 11.3 Å². The predicted molar refractivity (Wildman–Crippen MR) is 98.8 cm³/mol. The summed E-state index contributed by atoms with van der Waals surface area (Å²) in [6.07, 6.45) is 4.01. The number of likely N-dealkylation sites (N-methyl/N-ethyl adjacent to an activating group) is 1. The number of nitrogens with zero attached hydrogens (tertiary/aromatic N) is 4. The van der Waals surface area contributed by atoms with Crippen LogP contribution in [0.5, 0.6) is 0 Å². The van der Waals surface area contributed by atoms with E-state index >= 15 is 0 Å². The van der Waals surface area contributed by atoms with Gasteiger partial charge in [0.1, 0.15) is 0 Å². The average molecular weight is 405 g/mol. The molecule has 1 amide bonds. The molecule has 0 aliphatic heterocycles. The quantitative estimate of drug-likeness (QED) is 0.631. The van der Waals surface area contributed by atoms with Gasteiger partial charge in [0.05, 0.1) is 34.8 Å². The first kappa shape index (κ1) is 16.9. The van der Waals surface area contributed by atoms with Crippen LogP contribution >= 0.6 is 27.3 Å². The first-order chi connectivity index (χ1) is 11.6. The van der Waals surface area contributed by atoms with E-state index in [4.69, 9.17) is 0 Å². The number of carbonyl (C=O) groups excluding carboxylic acids is 1. The molecule has 5 nitrogen and oxygen atoms in total. The monoisotopic (exact) mass is 404 g/mol. The lowest BCUT2D eigenvalue weighted by molar-refractivity contribution is -0.129. The molecule has 0 unspecified atom stereocenters. The second kappa shape index (κ2) is 7.72. The maximum atomic E-state index is 12.5. The summed E-state index contributed by atoms with van der Waals surface area (Å²) in [5.74, 6) is 0.0858. The van der Waals surface area contributed by atoms with Gasteiger partial charge in [-0.3, -0.25) is 9.48 Å². The Morgan fingerprint density at radius 2 is 2.12 bits per heavy atom. The van der Waals surface area contributed by atoms with Crippen molar-refractivity contribution >= 4 is 33.2 Å². The van der Waals surface area contributed by atoms with Gasteiger partial charge < -0.3 is 4.90 Å². The highest BCUT2D eigenvalue weighted by Gasteiger charge is 2.15. The summed E-state index contributed by atoms with van der Waals surface area (Å²) in [4.78, 5) is 19.6. The molecule has 0 aliphatic carbocycles. The van der Waals surface area contributed by atoms with E-state index in [1.165, 1.54) is 11.3 Å². The molecule has 0 atom stereocenters. The molecule has 0 saturated carbocycles.